The molecule has 4 rings (SSSR count). The lowest BCUT2D eigenvalue weighted by molar-refractivity contribution is -0.128. The maximum atomic E-state index is 12.6. The first-order valence-corrected chi connectivity index (χ1v) is 9.85. The molecule has 3 N–H and O–H groups in total. The minimum absolute atomic E-state index is 0.0725. The molecule has 0 bridgehead atoms. The van der Waals surface area contributed by atoms with Crippen molar-refractivity contribution in [1.29, 1.82) is 0 Å². The van der Waals surface area contributed by atoms with Crippen LogP contribution in [0, 0.1) is 5.92 Å². The van der Waals surface area contributed by atoms with Crippen LogP contribution in [-0.2, 0) is 22.7 Å². The molecule has 2 aromatic heterocycles. The van der Waals surface area contributed by atoms with Crippen LogP contribution in [0.15, 0.2) is 69.9 Å². The highest BCUT2D eigenvalue weighted by Crippen LogP contribution is 2.22. The summed E-state index contributed by atoms with van der Waals surface area (Å²) in [5, 5.41) is 8.22. The van der Waals surface area contributed by atoms with Crippen molar-refractivity contribution < 1.29 is 23.2 Å². The van der Waals surface area contributed by atoms with E-state index in [4.69, 9.17) is 8.83 Å². The van der Waals surface area contributed by atoms with Gasteiger partial charge in [-0.05, 0) is 48.5 Å². The van der Waals surface area contributed by atoms with Gasteiger partial charge in [-0.1, -0.05) is 0 Å². The number of nitrogens with zero attached hydrogens (tertiary/aromatic N) is 1. The number of hydrogen-bond acceptors (Lipinski definition) is 5. The van der Waals surface area contributed by atoms with Crippen LogP contribution in [0.1, 0.15) is 17.9 Å². The third kappa shape index (κ3) is 5.33. The molecule has 3 heterocycles. The first-order chi connectivity index (χ1) is 15.1. The fourth-order valence-electron chi connectivity index (χ4n) is 3.33. The molecule has 1 saturated heterocycles. The molecule has 0 radical (unpaired) electrons. The third-order valence-electron chi connectivity index (χ3n) is 4.93. The summed E-state index contributed by atoms with van der Waals surface area (Å²) in [6, 6.07) is 13.5. The Morgan fingerprint density at radius 1 is 0.935 bits per heavy atom. The van der Waals surface area contributed by atoms with Crippen LogP contribution in [0.2, 0.25) is 0 Å². The first kappa shape index (κ1) is 20.3. The van der Waals surface area contributed by atoms with Crippen molar-refractivity contribution >= 4 is 29.2 Å². The number of amides is 4. The summed E-state index contributed by atoms with van der Waals surface area (Å²) in [6.07, 6.45) is 3.27. The SMILES string of the molecule is O=C(NCc1ccco1)Nc1ccc(NC(=O)C2CC(=O)N(Cc3ccco3)C2)cc1. The minimum Gasteiger partial charge on any atom is -0.467 e. The zero-order valence-corrected chi connectivity index (χ0v) is 16.7. The van der Waals surface area contributed by atoms with Crippen LogP contribution in [-0.4, -0.2) is 29.3 Å². The lowest BCUT2D eigenvalue weighted by Gasteiger charge is -2.15. The molecule has 9 nitrogen and oxygen atoms in total. The van der Waals surface area contributed by atoms with Crippen LogP contribution >= 0.6 is 0 Å². The molecule has 3 aromatic rings. The Labute approximate surface area is 178 Å². The highest BCUT2D eigenvalue weighted by Gasteiger charge is 2.34. The van der Waals surface area contributed by atoms with Gasteiger partial charge in [0.1, 0.15) is 11.5 Å². The van der Waals surface area contributed by atoms with E-state index in [2.05, 4.69) is 16.0 Å². The van der Waals surface area contributed by atoms with Crippen LogP contribution in [0.25, 0.3) is 0 Å². The topological polar surface area (TPSA) is 117 Å². The Hall–Kier alpha value is -4.01. The van der Waals surface area contributed by atoms with E-state index in [1.807, 2.05) is 0 Å². The van der Waals surface area contributed by atoms with Gasteiger partial charge >= 0.3 is 6.03 Å². The monoisotopic (exact) mass is 422 g/mol. The smallest absolute Gasteiger partial charge is 0.319 e. The Kier molecular flexibility index (Phi) is 6.02. The minimum atomic E-state index is -0.423. The lowest BCUT2D eigenvalue weighted by Crippen LogP contribution is -2.28. The summed E-state index contributed by atoms with van der Waals surface area (Å²) >= 11 is 0. The highest BCUT2D eigenvalue weighted by atomic mass is 16.3. The normalized spacial score (nSPS) is 15.7. The number of carbonyl (C=O) groups excluding carboxylic acids is 3. The predicted molar refractivity (Wildman–Crippen MR) is 112 cm³/mol. The number of anilines is 2. The standard InChI is InChI=1S/C22H22N4O5/c27-20-11-15(13-26(20)14-19-4-2-10-31-19)21(28)24-16-5-7-17(8-6-16)25-22(29)23-12-18-3-1-9-30-18/h1-10,15H,11-14H2,(H,24,28)(H2,23,25,29). The number of likely N-dealkylation sites (tertiary alicyclic amines) is 1. The molecule has 1 unspecified atom stereocenters. The largest absolute Gasteiger partial charge is 0.467 e. The fraction of sp³-hybridized carbons (Fsp3) is 0.227. The van der Waals surface area contributed by atoms with Crippen molar-refractivity contribution in [3.8, 4) is 0 Å². The van der Waals surface area contributed by atoms with Crippen LogP contribution in [0.3, 0.4) is 0 Å². The van der Waals surface area contributed by atoms with Crippen molar-refractivity contribution in [2.24, 2.45) is 5.92 Å². The molecule has 160 valence electrons. The third-order valence-corrected chi connectivity index (χ3v) is 4.93. The molecule has 1 atom stereocenters. The number of urea groups is 1. The van der Waals surface area contributed by atoms with Gasteiger partial charge in [0.25, 0.3) is 0 Å². The van der Waals surface area contributed by atoms with E-state index >= 15 is 0 Å². The summed E-state index contributed by atoms with van der Waals surface area (Å²) in [7, 11) is 0. The van der Waals surface area contributed by atoms with E-state index in [-0.39, 0.29) is 30.8 Å². The Balaban J connectivity index is 1.25. The van der Waals surface area contributed by atoms with Gasteiger partial charge in [0, 0.05) is 24.3 Å². The van der Waals surface area contributed by atoms with Gasteiger partial charge in [-0.2, -0.15) is 0 Å². The summed E-state index contributed by atoms with van der Waals surface area (Å²) in [5.74, 6) is 0.628. The van der Waals surface area contributed by atoms with E-state index in [1.54, 1.807) is 66.0 Å². The van der Waals surface area contributed by atoms with Gasteiger partial charge in [-0.25, -0.2) is 4.79 Å². The average Bonchev–Trinajstić information content (AvgIpc) is 3.52. The van der Waals surface area contributed by atoms with Gasteiger partial charge in [-0.15, -0.1) is 0 Å². The van der Waals surface area contributed by atoms with Crippen LogP contribution in [0.5, 0.6) is 0 Å². The Morgan fingerprint density at radius 3 is 2.23 bits per heavy atom. The predicted octanol–water partition coefficient (Wildman–Crippen LogP) is 3.18. The van der Waals surface area contributed by atoms with Crippen molar-refractivity contribution in [3.05, 3.63) is 72.6 Å². The molecule has 0 spiro atoms. The maximum absolute atomic E-state index is 12.6. The van der Waals surface area contributed by atoms with E-state index in [9.17, 15) is 14.4 Å². The maximum Gasteiger partial charge on any atom is 0.319 e. The van der Waals surface area contributed by atoms with Crippen molar-refractivity contribution in [1.82, 2.24) is 10.2 Å². The Morgan fingerprint density at radius 2 is 1.58 bits per heavy atom. The number of hydrogen-bond donors (Lipinski definition) is 3. The van der Waals surface area contributed by atoms with Crippen molar-refractivity contribution in [2.75, 3.05) is 17.2 Å². The van der Waals surface area contributed by atoms with E-state index < -0.39 is 5.92 Å². The molecular weight excluding hydrogens is 400 g/mol. The van der Waals surface area contributed by atoms with E-state index in [1.165, 1.54) is 0 Å². The number of rotatable bonds is 7. The van der Waals surface area contributed by atoms with Gasteiger partial charge in [0.15, 0.2) is 0 Å². The zero-order valence-electron chi connectivity index (χ0n) is 16.7. The summed E-state index contributed by atoms with van der Waals surface area (Å²) in [5.41, 5.74) is 1.17. The number of nitrogens with one attached hydrogen (secondary N) is 3. The van der Waals surface area contributed by atoms with Gasteiger partial charge in [0.05, 0.1) is 31.5 Å². The summed E-state index contributed by atoms with van der Waals surface area (Å²) < 4.78 is 10.4. The van der Waals surface area contributed by atoms with Crippen molar-refractivity contribution in [3.63, 3.8) is 0 Å². The second-order valence-electron chi connectivity index (χ2n) is 7.21. The molecule has 0 saturated carbocycles. The second-order valence-corrected chi connectivity index (χ2v) is 7.21. The number of furan rings is 2. The molecular formula is C22H22N4O5. The molecule has 1 aromatic carbocycles. The lowest BCUT2D eigenvalue weighted by atomic mass is 10.1. The van der Waals surface area contributed by atoms with Crippen LogP contribution < -0.4 is 16.0 Å². The molecule has 4 amide bonds. The highest BCUT2D eigenvalue weighted by molar-refractivity contribution is 5.97. The summed E-state index contributed by atoms with van der Waals surface area (Å²) in [6.45, 7) is 0.989. The van der Waals surface area contributed by atoms with Crippen LogP contribution in [0.4, 0.5) is 16.2 Å². The van der Waals surface area contributed by atoms with Gasteiger partial charge in [-0.3, -0.25) is 9.59 Å². The van der Waals surface area contributed by atoms with Gasteiger partial charge < -0.3 is 29.7 Å². The fourth-order valence-corrected chi connectivity index (χ4v) is 3.33. The molecule has 31 heavy (non-hydrogen) atoms. The quantitative estimate of drug-likeness (QED) is 0.541. The number of carbonyl (C=O) groups is 3. The first-order valence-electron chi connectivity index (χ1n) is 9.85. The summed E-state index contributed by atoms with van der Waals surface area (Å²) in [4.78, 5) is 38.3. The molecule has 1 aliphatic heterocycles. The second kappa shape index (κ2) is 9.21. The molecule has 0 aliphatic carbocycles. The Bertz CT molecular complexity index is 1030. The molecule has 9 heteroatoms. The van der Waals surface area contributed by atoms with E-state index in [0.717, 1.165) is 0 Å². The van der Waals surface area contributed by atoms with Gasteiger partial charge in [0.2, 0.25) is 11.8 Å². The molecule has 1 aliphatic rings. The molecule has 1 fully saturated rings. The number of benzene rings is 1. The van der Waals surface area contributed by atoms with Crippen molar-refractivity contribution in [2.45, 2.75) is 19.5 Å². The van der Waals surface area contributed by atoms with E-state index in [0.29, 0.717) is 36.0 Å². The average molecular weight is 422 g/mol. The zero-order chi connectivity index (χ0) is 21.6.